The van der Waals surface area contributed by atoms with Gasteiger partial charge in [0.05, 0.1) is 6.04 Å². The van der Waals surface area contributed by atoms with E-state index in [1.165, 1.54) is 6.07 Å². The zero-order valence-corrected chi connectivity index (χ0v) is 8.09. The Morgan fingerprint density at radius 2 is 2.14 bits per heavy atom. The van der Waals surface area contributed by atoms with Crippen molar-refractivity contribution >= 4 is 17.4 Å². The van der Waals surface area contributed by atoms with Gasteiger partial charge in [0, 0.05) is 5.56 Å². The Hall–Kier alpha value is -0.930. The molecule has 0 bridgehead atoms. The molecule has 0 heterocycles. The van der Waals surface area contributed by atoms with E-state index in [-0.39, 0.29) is 5.56 Å². The number of fused-ring (bicyclic) bond motifs is 1. The van der Waals surface area contributed by atoms with Crippen LogP contribution in [0.15, 0.2) is 24.3 Å². The van der Waals surface area contributed by atoms with Crippen molar-refractivity contribution in [2.24, 2.45) is 5.73 Å². The minimum absolute atomic E-state index is 0.230. The maximum Gasteiger partial charge on any atom is 0.268 e. The summed E-state index contributed by atoms with van der Waals surface area (Å²) >= 11 is 5.55. The monoisotopic (exact) mass is 213 g/mol. The van der Waals surface area contributed by atoms with Crippen molar-refractivity contribution in [1.29, 1.82) is 0 Å². The fourth-order valence-corrected chi connectivity index (χ4v) is 2.02. The van der Waals surface area contributed by atoms with E-state index in [1.54, 1.807) is 18.2 Å². The molecule has 2 N–H and O–H groups in total. The number of alkyl halides is 2. The summed E-state index contributed by atoms with van der Waals surface area (Å²) in [4.78, 5) is 11.4. The first-order valence-corrected chi connectivity index (χ1v) is 4.67. The molecular weight excluding hydrogens is 205 g/mol. The predicted octanol–water partition coefficient (Wildman–Crippen LogP) is 1.50. The van der Waals surface area contributed by atoms with Crippen molar-refractivity contribution in [2.75, 3.05) is 0 Å². The molecule has 4 heteroatoms. The number of hydrogen-bond acceptors (Lipinski definition) is 2. The molecule has 2 nitrogen and oxygen atoms in total. The highest BCUT2D eigenvalue weighted by atomic mass is 35.5. The fraction of sp³-hybridized carbons (Fsp3) is 0.300. The Morgan fingerprint density at radius 1 is 1.50 bits per heavy atom. The lowest BCUT2D eigenvalue weighted by atomic mass is 9.86. The molecule has 14 heavy (non-hydrogen) atoms. The topological polar surface area (TPSA) is 43.1 Å². The molecule has 74 valence electrons. The van der Waals surface area contributed by atoms with Crippen LogP contribution in [0.25, 0.3) is 0 Å². The first-order valence-electron chi connectivity index (χ1n) is 4.29. The van der Waals surface area contributed by atoms with Gasteiger partial charge in [-0.05, 0) is 12.0 Å². The van der Waals surface area contributed by atoms with E-state index in [2.05, 4.69) is 0 Å². The van der Waals surface area contributed by atoms with Gasteiger partial charge in [-0.2, -0.15) is 0 Å². The molecule has 0 aliphatic heterocycles. The van der Waals surface area contributed by atoms with Crippen molar-refractivity contribution in [3.8, 4) is 0 Å². The highest BCUT2D eigenvalue weighted by Gasteiger charge is 2.46. The lowest BCUT2D eigenvalue weighted by Crippen LogP contribution is -2.46. The molecule has 2 unspecified atom stereocenters. The number of hydrogen-bond donors (Lipinski definition) is 1. The minimum Gasteiger partial charge on any atom is -0.321 e. The number of ketones is 1. The molecule has 2 rings (SSSR count). The second kappa shape index (κ2) is 3.04. The first kappa shape index (κ1) is 9.62. The summed E-state index contributed by atoms with van der Waals surface area (Å²) in [5, 5.41) is -2.45. The average Bonchev–Trinajstić information content (AvgIpc) is 2.15. The predicted molar refractivity (Wildman–Crippen MR) is 51.8 cm³/mol. The Morgan fingerprint density at radius 3 is 2.86 bits per heavy atom. The molecule has 0 spiro atoms. The van der Waals surface area contributed by atoms with Crippen molar-refractivity contribution in [3.05, 3.63) is 35.4 Å². The van der Waals surface area contributed by atoms with Crippen molar-refractivity contribution in [2.45, 2.75) is 17.6 Å². The summed E-state index contributed by atoms with van der Waals surface area (Å²) in [7, 11) is 0. The van der Waals surface area contributed by atoms with Crippen LogP contribution < -0.4 is 5.73 Å². The molecule has 0 fully saturated rings. The van der Waals surface area contributed by atoms with Gasteiger partial charge in [-0.1, -0.05) is 35.9 Å². The largest absolute Gasteiger partial charge is 0.321 e. The quantitative estimate of drug-likeness (QED) is 0.664. The summed E-state index contributed by atoms with van der Waals surface area (Å²) in [5.74, 6) is -0.752. The zero-order chi connectivity index (χ0) is 10.3. The number of nitrogens with two attached hydrogens (primary N) is 1. The van der Waals surface area contributed by atoms with Gasteiger partial charge in [0.2, 0.25) is 5.78 Å². The molecule has 1 aliphatic rings. The van der Waals surface area contributed by atoms with E-state index in [4.69, 9.17) is 17.3 Å². The number of Topliss-reactive ketones (excluding diaryl/α,β-unsaturated/α-hetero) is 1. The van der Waals surface area contributed by atoms with Gasteiger partial charge in [0.25, 0.3) is 5.13 Å². The van der Waals surface area contributed by atoms with Crippen LogP contribution in [0.2, 0.25) is 0 Å². The number of rotatable bonds is 0. The molecule has 1 aromatic carbocycles. The standard InChI is InChI=1S/C10H9ClFNO/c11-10(12)7-4-2-1-3-6(7)5-8(13)9(10)14/h1-4,8H,5,13H2. The van der Waals surface area contributed by atoms with Crippen LogP contribution >= 0.6 is 11.6 Å². The van der Waals surface area contributed by atoms with Crippen LogP contribution in [0, 0.1) is 0 Å². The molecular formula is C10H9ClFNO. The van der Waals surface area contributed by atoms with E-state index < -0.39 is 17.0 Å². The fourth-order valence-electron chi connectivity index (χ4n) is 1.70. The Kier molecular flexibility index (Phi) is 2.09. The summed E-state index contributed by atoms with van der Waals surface area (Å²) in [6.45, 7) is 0. The normalized spacial score (nSPS) is 31.4. The zero-order valence-electron chi connectivity index (χ0n) is 7.34. The Labute approximate surface area is 85.9 Å². The minimum atomic E-state index is -2.45. The second-order valence-electron chi connectivity index (χ2n) is 3.41. The first-order chi connectivity index (χ1) is 6.53. The highest BCUT2D eigenvalue weighted by molar-refractivity contribution is 6.35. The van der Waals surface area contributed by atoms with Crippen LogP contribution in [-0.4, -0.2) is 11.8 Å². The Balaban J connectivity index is 2.60. The Bertz CT molecular complexity index is 391. The molecule has 1 aromatic rings. The van der Waals surface area contributed by atoms with Gasteiger partial charge in [-0.15, -0.1) is 0 Å². The van der Waals surface area contributed by atoms with E-state index in [1.807, 2.05) is 0 Å². The van der Waals surface area contributed by atoms with Crippen LogP contribution in [0.4, 0.5) is 4.39 Å². The van der Waals surface area contributed by atoms with E-state index in [0.29, 0.717) is 12.0 Å². The molecule has 0 saturated carbocycles. The van der Waals surface area contributed by atoms with E-state index in [9.17, 15) is 9.18 Å². The molecule has 0 aromatic heterocycles. The van der Waals surface area contributed by atoms with Gasteiger partial charge in [-0.3, -0.25) is 4.79 Å². The smallest absolute Gasteiger partial charge is 0.268 e. The maximum atomic E-state index is 13.8. The lowest BCUT2D eigenvalue weighted by Gasteiger charge is -2.28. The van der Waals surface area contributed by atoms with Crippen LogP contribution in [0.5, 0.6) is 0 Å². The van der Waals surface area contributed by atoms with Crippen LogP contribution in [0.1, 0.15) is 11.1 Å². The number of benzene rings is 1. The summed E-state index contributed by atoms with van der Waals surface area (Å²) < 4.78 is 13.8. The number of carbonyl (C=O) groups is 1. The van der Waals surface area contributed by atoms with Gasteiger partial charge in [-0.25, -0.2) is 4.39 Å². The third-order valence-electron chi connectivity index (χ3n) is 2.44. The van der Waals surface area contributed by atoms with Gasteiger partial charge < -0.3 is 5.73 Å². The van der Waals surface area contributed by atoms with Crippen LogP contribution in [-0.2, 0) is 16.3 Å². The second-order valence-corrected chi connectivity index (χ2v) is 3.93. The summed E-state index contributed by atoms with van der Waals surface area (Å²) in [5.41, 5.74) is 6.43. The van der Waals surface area contributed by atoms with E-state index >= 15 is 0 Å². The average molecular weight is 214 g/mol. The summed E-state index contributed by atoms with van der Waals surface area (Å²) in [6, 6.07) is 5.84. The lowest BCUT2D eigenvalue weighted by molar-refractivity contribution is -0.128. The number of halogens is 2. The van der Waals surface area contributed by atoms with Crippen molar-refractivity contribution < 1.29 is 9.18 Å². The van der Waals surface area contributed by atoms with Crippen molar-refractivity contribution in [1.82, 2.24) is 0 Å². The SMILES string of the molecule is NC1Cc2ccccc2C(F)(Cl)C1=O. The third kappa shape index (κ3) is 1.24. The molecule has 0 amide bonds. The van der Waals surface area contributed by atoms with Crippen LogP contribution in [0.3, 0.4) is 0 Å². The van der Waals surface area contributed by atoms with Crippen molar-refractivity contribution in [3.63, 3.8) is 0 Å². The summed E-state index contributed by atoms with van der Waals surface area (Å²) in [6.07, 6.45) is 0.355. The third-order valence-corrected chi connectivity index (χ3v) is 2.83. The molecule has 0 radical (unpaired) electrons. The van der Waals surface area contributed by atoms with E-state index in [0.717, 1.165) is 0 Å². The van der Waals surface area contributed by atoms with Gasteiger partial charge in [0.1, 0.15) is 0 Å². The molecule has 2 atom stereocenters. The van der Waals surface area contributed by atoms with Gasteiger partial charge in [0.15, 0.2) is 0 Å². The molecule has 0 saturated heterocycles. The van der Waals surface area contributed by atoms with Gasteiger partial charge >= 0.3 is 0 Å². The number of carbonyl (C=O) groups excluding carboxylic acids is 1. The maximum absolute atomic E-state index is 13.8. The molecule has 1 aliphatic carbocycles. The highest BCUT2D eigenvalue weighted by Crippen LogP contribution is 2.38.